The molecule has 3 aromatic rings. The Morgan fingerprint density at radius 3 is 2.81 bits per heavy atom. The molecule has 1 atom stereocenters. The SMILES string of the molecule is O=C(OCc1nnc(-c2ccccc2)o1)C1CC(=O)N(Cc2ccco2)C1. The van der Waals surface area contributed by atoms with E-state index in [9.17, 15) is 9.59 Å². The predicted octanol–water partition coefficient (Wildman–Crippen LogP) is 2.42. The largest absolute Gasteiger partial charge is 0.467 e. The molecule has 8 heteroatoms. The minimum atomic E-state index is -0.510. The molecule has 0 N–H and O–H groups in total. The van der Waals surface area contributed by atoms with E-state index < -0.39 is 11.9 Å². The fourth-order valence-electron chi connectivity index (χ4n) is 2.93. The van der Waals surface area contributed by atoms with E-state index in [1.807, 2.05) is 30.3 Å². The molecule has 1 unspecified atom stereocenters. The van der Waals surface area contributed by atoms with Crippen molar-refractivity contribution in [2.75, 3.05) is 6.54 Å². The summed E-state index contributed by atoms with van der Waals surface area (Å²) in [6.45, 7) is 0.527. The van der Waals surface area contributed by atoms with E-state index in [-0.39, 0.29) is 24.8 Å². The standard InChI is InChI=1S/C19H17N3O5/c23-17-9-14(10-22(17)11-15-7-4-8-25-15)19(24)26-12-16-20-21-18(27-16)13-5-2-1-3-6-13/h1-8,14H,9-12H2. The summed E-state index contributed by atoms with van der Waals surface area (Å²) >= 11 is 0. The van der Waals surface area contributed by atoms with E-state index in [1.54, 1.807) is 23.3 Å². The van der Waals surface area contributed by atoms with Crippen molar-refractivity contribution >= 4 is 11.9 Å². The summed E-state index contributed by atoms with van der Waals surface area (Å²) in [4.78, 5) is 25.9. The second kappa shape index (κ2) is 7.45. The van der Waals surface area contributed by atoms with E-state index in [0.717, 1.165) is 5.56 Å². The summed E-state index contributed by atoms with van der Waals surface area (Å²) in [5.74, 6) is 0.184. The van der Waals surface area contributed by atoms with Crippen molar-refractivity contribution in [2.45, 2.75) is 19.6 Å². The number of rotatable bonds is 6. The van der Waals surface area contributed by atoms with Crippen molar-refractivity contribution in [3.05, 3.63) is 60.4 Å². The Hall–Kier alpha value is -3.42. The van der Waals surface area contributed by atoms with Gasteiger partial charge in [0.25, 0.3) is 5.89 Å². The fourth-order valence-corrected chi connectivity index (χ4v) is 2.93. The van der Waals surface area contributed by atoms with Crippen LogP contribution >= 0.6 is 0 Å². The van der Waals surface area contributed by atoms with E-state index in [1.165, 1.54) is 0 Å². The molecule has 0 spiro atoms. The zero-order valence-electron chi connectivity index (χ0n) is 14.4. The van der Waals surface area contributed by atoms with Gasteiger partial charge in [-0.15, -0.1) is 10.2 Å². The van der Waals surface area contributed by atoms with Crippen LogP contribution in [0.15, 0.2) is 57.6 Å². The third-order valence-electron chi connectivity index (χ3n) is 4.30. The molecule has 138 valence electrons. The molecule has 0 radical (unpaired) electrons. The van der Waals surface area contributed by atoms with E-state index in [0.29, 0.717) is 24.7 Å². The average molecular weight is 367 g/mol. The number of benzene rings is 1. The van der Waals surface area contributed by atoms with Crippen LogP contribution in [0.5, 0.6) is 0 Å². The van der Waals surface area contributed by atoms with Crippen LogP contribution in [0.25, 0.3) is 11.5 Å². The maximum atomic E-state index is 12.3. The first kappa shape index (κ1) is 17.0. The Balaban J connectivity index is 1.31. The van der Waals surface area contributed by atoms with Gasteiger partial charge in [0.15, 0.2) is 6.61 Å². The van der Waals surface area contributed by atoms with Crippen molar-refractivity contribution < 1.29 is 23.2 Å². The van der Waals surface area contributed by atoms with Gasteiger partial charge >= 0.3 is 5.97 Å². The van der Waals surface area contributed by atoms with Crippen LogP contribution in [-0.4, -0.2) is 33.5 Å². The van der Waals surface area contributed by atoms with Crippen LogP contribution < -0.4 is 0 Å². The Morgan fingerprint density at radius 2 is 2.04 bits per heavy atom. The van der Waals surface area contributed by atoms with Crippen molar-refractivity contribution in [3.8, 4) is 11.5 Å². The van der Waals surface area contributed by atoms with Gasteiger partial charge in [0.05, 0.1) is 18.7 Å². The molecule has 1 saturated heterocycles. The lowest BCUT2D eigenvalue weighted by Crippen LogP contribution is -2.26. The van der Waals surface area contributed by atoms with Crippen molar-refractivity contribution in [3.63, 3.8) is 0 Å². The fraction of sp³-hybridized carbons (Fsp3) is 0.263. The van der Waals surface area contributed by atoms with E-state index >= 15 is 0 Å². The van der Waals surface area contributed by atoms with Gasteiger partial charge in [-0.2, -0.15) is 0 Å². The van der Waals surface area contributed by atoms with Gasteiger partial charge in [0.1, 0.15) is 5.76 Å². The number of ether oxygens (including phenoxy) is 1. The molecule has 3 heterocycles. The Morgan fingerprint density at radius 1 is 1.19 bits per heavy atom. The first-order chi connectivity index (χ1) is 13.2. The highest BCUT2D eigenvalue weighted by Crippen LogP contribution is 2.22. The van der Waals surface area contributed by atoms with Crippen molar-refractivity contribution in [1.82, 2.24) is 15.1 Å². The number of esters is 1. The van der Waals surface area contributed by atoms with E-state index in [2.05, 4.69) is 10.2 Å². The minimum Gasteiger partial charge on any atom is -0.467 e. The third-order valence-corrected chi connectivity index (χ3v) is 4.30. The normalized spacial score (nSPS) is 16.7. The van der Waals surface area contributed by atoms with Gasteiger partial charge in [-0.3, -0.25) is 9.59 Å². The quantitative estimate of drug-likeness (QED) is 0.617. The second-order valence-electron chi connectivity index (χ2n) is 6.23. The lowest BCUT2D eigenvalue weighted by molar-refractivity contribution is -0.150. The first-order valence-electron chi connectivity index (χ1n) is 8.53. The lowest BCUT2D eigenvalue weighted by Gasteiger charge is -2.14. The smallest absolute Gasteiger partial charge is 0.311 e. The molecule has 0 aliphatic carbocycles. The van der Waals surface area contributed by atoms with Crippen LogP contribution in [0.3, 0.4) is 0 Å². The molecular weight excluding hydrogens is 350 g/mol. The molecule has 0 saturated carbocycles. The van der Waals surface area contributed by atoms with Crippen LogP contribution in [0.1, 0.15) is 18.1 Å². The summed E-state index contributed by atoms with van der Waals surface area (Å²) in [6, 6.07) is 12.9. The number of carbonyl (C=O) groups excluding carboxylic acids is 2. The molecule has 2 aromatic heterocycles. The molecule has 1 aliphatic heterocycles. The highest BCUT2D eigenvalue weighted by Gasteiger charge is 2.35. The summed E-state index contributed by atoms with van der Waals surface area (Å²) in [5.41, 5.74) is 0.789. The Bertz CT molecular complexity index is 920. The third kappa shape index (κ3) is 3.89. The highest BCUT2D eigenvalue weighted by molar-refractivity contribution is 5.86. The topological polar surface area (TPSA) is 98.7 Å². The summed E-state index contributed by atoms with van der Waals surface area (Å²) in [6.07, 6.45) is 1.67. The monoisotopic (exact) mass is 367 g/mol. The lowest BCUT2D eigenvalue weighted by atomic mass is 10.1. The number of hydrogen-bond donors (Lipinski definition) is 0. The molecule has 1 amide bonds. The van der Waals surface area contributed by atoms with Crippen LogP contribution in [0.4, 0.5) is 0 Å². The number of hydrogen-bond acceptors (Lipinski definition) is 7. The number of amides is 1. The minimum absolute atomic E-state index is 0.0995. The average Bonchev–Trinajstić information content (AvgIpc) is 3.43. The molecular formula is C19H17N3O5. The van der Waals surface area contributed by atoms with E-state index in [4.69, 9.17) is 13.6 Å². The van der Waals surface area contributed by atoms with Crippen LogP contribution in [0, 0.1) is 5.92 Å². The number of nitrogens with zero attached hydrogens (tertiary/aromatic N) is 3. The summed E-state index contributed by atoms with van der Waals surface area (Å²) in [7, 11) is 0. The summed E-state index contributed by atoms with van der Waals surface area (Å²) < 4.78 is 16.0. The zero-order chi connectivity index (χ0) is 18.6. The Labute approximate surface area is 154 Å². The molecule has 1 aromatic carbocycles. The second-order valence-corrected chi connectivity index (χ2v) is 6.23. The molecule has 1 fully saturated rings. The molecule has 1 aliphatic rings. The maximum absolute atomic E-state index is 12.3. The van der Waals surface area contributed by atoms with Gasteiger partial charge in [0, 0.05) is 18.5 Å². The molecule has 8 nitrogen and oxygen atoms in total. The van der Waals surface area contributed by atoms with Crippen LogP contribution in [0.2, 0.25) is 0 Å². The van der Waals surface area contributed by atoms with Gasteiger partial charge in [-0.05, 0) is 24.3 Å². The van der Waals surface area contributed by atoms with Gasteiger partial charge in [0.2, 0.25) is 11.8 Å². The van der Waals surface area contributed by atoms with Crippen LogP contribution in [-0.2, 0) is 27.5 Å². The van der Waals surface area contributed by atoms with Gasteiger partial charge in [-0.1, -0.05) is 18.2 Å². The maximum Gasteiger partial charge on any atom is 0.311 e. The zero-order valence-corrected chi connectivity index (χ0v) is 14.4. The Kier molecular flexibility index (Phi) is 4.69. The van der Waals surface area contributed by atoms with Crippen molar-refractivity contribution in [2.24, 2.45) is 5.92 Å². The number of furan rings is 1. The highest BCUT2D eigenvalue weighted by atomic mass is 16.5. The molecule has 27 heavy (non-hydrogen) atoms. The number of aromatic nitrogens is 2. The number of likely N-dealkylation sites (tertiary alicyclic amines) is 1. The number of carbonyl (C=O) groups is 2. The molecule has 4 rings (SSSR count). The molecule has 0 bridgehead atoms. The predicted molar refractivity (Wildman–Crippen MR) is 91.8 cm³/mol. The first-order valence-corrected chi connectivity index (χ1v) is 8.53. The summed E-state index contributed by atoms with van der Waals surface area (Å²) in [5, 5.41) is 7.83. The van der Waals surface area contributed by atoms with Crippen molar-refractivity contribution in [1.29, 1.82) is 0 Å². The van der Waals surface area contributed by atoms with Gasteiger partial charge in [-0.25, -0.2) is 0 Å². The van der Waals surface area contributed by atoms with Gasteiger partial charge < -0.3 is 18.5 Å².